The molecule has 20 heavy (non-hydrogen) atoms. The fraction of sp³-hybridized carbons (Fsp3) is 0.294. The molecule has 0 atom stereocenters. The van der Waals surface area contributed by atoms with Gasteiger partial charge in [0, 0.05) is 11.3 Å². The molecule has 3 nitrogen and oxygen atoms in total. The molecule has 2 N–H and O–H groups in total. The Bertz CT molecular complexity index is 694. The minimum atomic E-state index is 0.365. The van der Waals surface area contributed by atoms with Crippen LogP contribution in [0.5, 0.6) is 0 Å². The van der Waals surface area contributed by atoms with E-state index in [1.807, 2.05) is 0 Å². The Kier molecular flexibility index (Phi) is 3.15. The second kappa shape index (κ2) is 4.97. The molecule has 0 saturated heterocycles. The van der Waals surface area contributed by atoms with Crippen molar-refractivity contribution >= 4 is 5.82 Å². The third-order valence-electron chi connectivity index (χ3n) is 3.95. The van der Waals surface area contributed by atoms with E-state index in [0.29, 0.717) is 11.4 Å². The number of benzene rings is 1. The van der Waals surface area contributed by atoms with Gasteiger partial charge in [-0.1, -0.05) is 29.8 Å². The van der Waals surface area contributed by atoms with E-state index >= 15 is 0 Å². The van der Waals surface area contributed by atoms with Gasteiger partial charge in [-0.15, -0.1) is 0 Å². The molecule has 0 saturated carbocycles. The van der Waals surface area contributed by atoms with Gasteiger partial charge in [-0.2, -0.15) is 5.26 Å². The number of pyridine rings is 1. The number of hydrogen-bond donors (Lipinski definition) is 1. The Morgan fingerprint density at radius 2 is 1.85 bits per heavy atom. The third kappa shape index (κ3) is 2.04. The molecule has 0 unspecified atom stereocenters. The van der Waals surface area contributed by atoms with E-state index in [1.54, 1.807) is 0 Å². The minimum Gasteiger partial charge on any atom is -0.383 e. The summed E-state index contributed by atoms with van der Waals surface area (Å²) in [4.78, 5) is 4.44. The van der Waals surface area contributed by atoms with Crippen molar-refractivity contribution in [3.8, 4) is 17.2 Å². The van der Waals surface area contributed by atoms with Crippen molar-refractivity contribution in [2.45, 2.75) is 32.6 Å². The van der Waals surface area contributed by atoms with Gasteiger partial charge in [0.05, 0.1) is 0 Å². The molecule has 1 heterocycles. The van der Waals surface area contributed by atoms with Crippen LogP contribution in [0.2, 0.25) is 0 Å². The molecule has 100 valence electrons. The van der Waals surface area contributed by atoms with Crippen molar-refractivity contribution in [2.24, 2.45) is 0 Å². The summed E-state index contributed by atoms with van der Waals surface area (Å²) in [7, 11) is 0. The zero-order valence-electron chi connectivity index (χ0n) is 11.6. The van der Waals surface area contributed by atoms with Crippen LogP contribution in [0.3, 0.4) is 0 Å². The first-order valence-electron chi connectivity index (χ1n) is 6.99. The summed E-state index contributed by atoms with van der Waals surface area (Å²) >= 11 is 0. The average molecular weight is 263 g/mol. The molecule has 0 radical (unpaired) electrons. The van der Waals surface area contributed by atoms with E-state index in [-0.39, 0.29) is 0 Å². The van der Waals surface area contributed by atoms with Crippen LogP contribution in [-0.2, 0) is 12.8 Å². The molecule has 1 aliphatic rings. The number of nitrogens with zero attached hydrogens (tertiary/aromatic N) is 2. The topological polar surface area (TPSA) is 62.7 Å². The van der Waals surface area contributed by atoms with Crippen LogP contribution in [0.4, 0.5) is 5.82 Å². The van der Waals surface area contributed by atoms with Gasteiger partial charge in [-0.05, 0) is 43.7 Å². The number of nitriles is 1. The molecular weight excluding hydrogens is 246 g/mol. The predicted octanol–water partition coefficient (Wildman–Crippen LogP) is 3.39. The van der Waals surface area contributed by atoms with Gasteiger partial charge in [-0.3, -0.25) is 0 Å². The number of nitrogens with two attached hydrogens (primary N) is 1. The average Bonchev–Trinajstić information content (AvgIpc) is 2.47. The number of anilines is 1. The quantitative estimate of drug-likeness (QED) is 0.857. The smallest absolute Gasteiger partial charge is 0.142 e. The maximum absolute atomic E-state index is 9.45. The van der Waals surface area contributed by atoms with Gasteiger partial charge in [0.2, 0.25) is 0 Å². The number of nitrogen functional groups attached to an aromatic ring is 1. The lowest BCUT2D eigenvalue weighted by atomic mass is 9.86. The summed E-state index contributed by atoms with van der Waals surface area (Å²) in [5.41, 5.74) is 12.1. The van der Waals surface area contributed by atoms with Crippen molar-refractivity contribution in [3.05, 3.63) is 46.6 Å². The van der Waals surface area contributed by atoms with Crippen LogP contribution >= 0.6 is 0 Å². The zero-order chi connectivity index (χ0) is 14.1. The van der Waals surface area contributed by atoms with E-state index in [2.05, 4.69) is 42.2 Å². The normalized spacial score (nSPS) is 13.6. The molecule has 1 aliphatic carbocycles. The second-order valence-corrected chi connectivity index (χ2v) is 5.36. The molecule has 1 aromatic heterocycles. The van der Waals surface area contributed by atoms with Crippen molar-refractivity contribution in [1.82, 2.24) is 4.98 Å². The van der Waals surface area contributed by atoms with Crippen LogP contribution in [0.15, 0.2) is 24.3 Å². The van der Waals surface area contributed by atoms with E-state index in [4.69, 9.17) is 5.73 Å². The molecule has 3 rings (SSSR count). The molecule has 0 amide bonds. The first kappa shape index (κ1) is 12.7. The van der Waals surface area contributed by atoms with Crippen LogP contribution in [0, 0.1) is 18.3 Å². The van der Waals surface area contributed by atoms with Crippen LogP contribution in [-0.4, -0.2) is 4.98 Å². The Morgan fingerprint density at radius 1 is 1.15 bits per heavy atom. The Balaban J connectivity index is 2.29. The standard InChI is InChI=1S/C17H17N3/c1-11-6-8-12(9-7-11)16-13-4-2-3-5-15(13)20-17(19)14(16)10-18/h6-9H,2-5H2,1H3,(H2,19,20). The first-order valence-corrected chi connectivity index (χ1v) is 6.99. The maximum Gasteiger partial charge on any atom is 0.142 e. The van der Waals surface area contributed by atoms with Crippen molar-refractivity contribution < 1.29 is 0 Å². The molecule has 2 aromatic rings. The second-order valence-electron chi connectivity index (χ2n) is 5.36. The Hall–Kier alpha value is -2.34. The lowest BCUT2D eigenvalue weighted by Crippen LogP contribution is -2.11. The minimum absolute atomic E-state index is 0.365. The lowest BCUT2D eigenvalue weighted by Gasteiger charge is -2.21. The molecule has 0 aliphatic heterocycles. The van der Waals surface area contributed by atoms with Gasteiger partial charge in [0.15, 0.2) is 0 Å². The number of rotatable bonds is 1. The van der Waals surface area contributed by atoms with E-state index < -0.39 is 0 Å². The van der Waals surface area contributed by atoms with Crippen molar-refractivity contribution in [2.75, 3.05) is 5.73 Å². The Morgan fingerprint density at radius 3 is 2.55 bits per heavy atom. The highest BCUT2D eigenvalue weighted by Gasteiger charge is 2.21. The van der Waals surface area contributed by atoms with Crippen LogP contribution < -0.4 is 5.73 Å². The maximum atomic E-state index is 9.45. The summed E-state index contributed by atoms with van der Waals surface area (Å²) in [5, 5.41) is 9.45. The summed E-state index contributed by atoms with van der Waals surface area (Å²) < 4.78 is 0. The lowest BCUT2D eigenvalue weighted by molar-refractivity contribution is 0.670. The van der Waals surface area contributed by atoms with Crippen LogP contribution in [0.25, 0.3) is 11.1 Å². The zero-order valence-corrected chi connectivity index (χ0v) is 11.6. The van der Waals surface area contributed by atoms with Gasteiger partial charge >= 0.3 is 0 Å². The highest BCUT2D eigenvalue weighted by atomic mass is 14.9. The predicted molar refractivity (Wildman–Crippen MR) is 80.2 cm³/mol. The number of aryl methyl sites for hydroxylation is 2. The third-order valence-corrected chi connectivity index (χ3v) is 3.95. The van der Waals surface area contributed by atoms with E-state index in [1.165, 1.54) is 11.1 Å². The Labute approximate surface area is 119 Å². The molecule has 1 aromatic carbocycles. The number of hydrogen-bond acceptors (Lipinski definition) is 3. The van der Waals surface area contributed by atoms with E-state index in [9.17, 15) is 5.26 Å². The van der Waals surface area contributed by atoms with Gasteiger partial charge in [0.1, 0.15) is 17.5 Å². The largest absolute Gasteiger partial charge is 0.383 e. The summed E-state index contributed by atoms with van der Waals surface area (Å²) in [5.74, 6) is 0.365. The number of aromatic nitrogens is 1. The molecule has 3 heteroatoms. The van der Waals surface area contributed by atoms with Crippen molar-refractivity contribution in [1.29, 1.82) is 5.26 Å². The SMILES string of the molecule is Cc1ccc(-c2c(C#N)c(N)nc3c2CCCC3)cc1. The van der Waals surface area contributed by atoms with Gasteiger partial charge < -0.3 is 5.73 Å². The fourth-order valence-corrected chi connectivity index (χ4v) is 2.91. The molecular formula is C17H17N3. The molecule has 0 fully saturated rings. The van der Waals surface area contributed by atoms with Gasteiger partial charge in [0.25, 0.3) is 0 Å². The van der Waals surface area contributed by atoms with E-state index in [0.717, 1.165) is 42.5 Å². The van der Waals surface area contributed by atoms with Crippen LogP contribution in [0.1, 0.15) is 35.2 Å². The summed E-state index contributed by atoms with van der Waals surface area (Å²) in [6.45, 7) is 2.06. The first-order chi connectivity index (χ1) is 9.70. The summed E-state index contributed by atoms with van der Waals surface area (Å²) in [6.07, 6.45) is 4.26. The van der Waals surface area contributed by atoms with Crippen molar-refractivity contribution in [3.63, 3.8) is 0 Å². The fourth-order valence-electron chi connectivity index (χ4n) is 2.91. The van der Waals surface area contributed by atoms with Gasteiger partial charge in [-0.25, -0.2) is 4.98 Å². The highest BCUT2D eigenvalue weighted by molar-refractivity contribution is 5.79. The highest BCUT2D eigenvalue weighted by Crippen LogP contribution is 2.35. The number of fused-ring (bicyclic) bond motifs is 1. The molecule has 0 bridgehead atoms. The monoisotopic (exact) mass is 263 g/mol. The summed E-state index contributed by atoms with van der Waals surface area (Å²) in [6, 6.07) is 10.5. The molecule has 0 spiro atoms.